The molecule has 4 aromatic rings. The highest BCUT2D eigenvalue weighted by molar-refractivity contribution is 7.18. The highest BCUT2D eigenvalue weighted by atomic mass is 32.1. The van der Waals surface area contributed by atoms with Crippen LogP contribution in [0, 0.1) is 0 Å². The number of rotatable bonds is 6. The molecule has 27 heavy (non-hydrogen) atoms. The Morgan fingerprint density at radius 1 is 1.11 bits per heavy atom. The van der Waals surface area contributed by atoms with Crippen molar-refractivity contribution in [2.24, 2.45) is 7.05 Å². The van der Waals surface area contributed by atoms with E-state index in [1.54, 1.807) is 22.2 Å². The van der Waals surface area contributed by atoms with Gasteiger partial charge in [0.1, 0.15) is 0 Å². The second-order valence-electron chi connectivity index (χ2n) is 6.52. The molecule has 0 radical (unpaired) electrons. The molecule has 4 rings (SSSR count). The molecule has 0 atom stereocenters. The summed E-state index contributed by atoms with van der Waals surface area (Å²) in [6, 6.07) is 16.2. The lowest BCUT2D eigenvalue weighted by atomic mass is 10.1. The maximum atomic E-state index is 12.1. The molecular formula is C21H20N4OS. The lowest BCUT2D eigenvalue weighted by Crippen LogP contribution is -2.12. The number of carbonyl (C=O) groups is 1. The smallest absolute Gasteiger partial charge is 0.224 e. The van der Waals surface area contributed by atoms with Gasteiger partial charge in [-0.2, -0.15) is 5.10 Å². The molecule has 0 bridgehead atoms. The number of thiazole rings is 1. The van der Waals surface area contributed by atoms with Gasteiger partial charge in [-0.05, 0) is 41.8 Å². The average Bonchev–Trinajstić information content (AvgIpc) is 3.27. The molecule has 1 N–H and O–H groups in total. The molecule has 6 heteroatoms. The molecular weight excluding hydrogens is 356 g/mol. The number of hydrogen-bond donors (Lipinski definition) is 1. The fraction of sp³-hybridized carbons (Fsp3) is 0.190. The number of benzene rings is 2. The van der Waals surface area contributed by atoms with E-state index in [0.29, 0.717) is 12.8 Å². The summed E-state index contributed by atoms with van der Waals surface area (Å²) in [5.41, 5.74) is 4.12. The minimum Gasteiger partial charge on any atom is -0.326 e. The zero-order valence-corrected chi connectivity index (χ0v) is 15.9. The van der Waals surface area contributed by atoms with Crippen LogP contribution in [-0.2, 0) is 24.7 Å². The molecule has 2 aromatic heterocycles. The second kappa shape index (κ2) is 7.72. The Bertz CT molecular complexity index is 1030. The molecule has 0 saturated heterocycles. The van der Waals surface area contributed by atoms with Crippen molar-refractivity contribution in [2.75, 3.05) is 5.32 Å². The number of anilines is 1. The number of hydrogen-bond acceptors (Lipinski definition) is 4. The third-order valence-electron chi connectivity index (χ3n) is 4.33. The molecule has 0 spiro atoms. The highest BCUT2D eigenvalue weighted by Gasteiger charge is 2.07. The highest BCUT2D eigenvalue weighted by Crippen LogP contribution is 2.24. The van der Waals surface area contributed by atoms with E-state index in [9.17, 15) is 4.79 Å². The van der Waals surface area contributed by atoms with E-state index in [1.165, 1.54) is 10.3 Å². The van der Waals surface area contributed by atoms with Crippen LogP contribution in [0.2, 0.25) is 0 Å². The average molecular weight is 376 g/mol. The van der Waals surface area contributed by atoms with Crippen LogP contribution in [0.4, 0.5) is 5.69 Å². The number of aromatic nitrogens is 3. The maximum Gasteiger partial charge on any atom is 0.224 e. The third kappa shape index (κ3) is 4.41. The summed E-state index contributed by atoms with van der Waals surface area (Å²) in [7, 11) is 1.87. The minimum absolute atomic E-state index is 0.0118. The second-order valence-corrected chi connectivity index (χ2v) is 7.63. The predicted molar refractivity (Wildman–Crippen MR) is 109 cm³/mol. The number of fused-ring (bicyclic) bond motifs is 1. The van der Waals surface area contributed by atoms with Gasteiger partial charge in [0.25, 0.3) is 0 Å². The van der Waals surface area contributed by atoms with Crippen molar-refractivity contribution in [1.29, 1.82) is 0 Å². The predicted octanol–water partition coefficient (Wildman–Crippen LogP) is 4.19. The molecule has 0 unspecified atom stereocenters. The number of amides is 1. The molecule has 0 saturated carbocycles. The van der Waals surface area contributed by atoms with Crippen LogP contribution in [0.25, 0.3) is 10.2 Å². The fourth-order valence-electron chi connectivity index (χ4n) is 2.96. The van der Waals surface area contributed by atoms with Crippen molar-refractivity contribution in [1.82, 2.24) is 14.8 Å². The first-order valence-corrected chi connectivity index (χ1v) is 9.68. The Kier molecular flexibility index (Phi) is 4.98. The van der Waals surface area contributed by atoms with E-state index < -0.39 is 0 Å². The molecule has 0 aliphatic carbocycles. The number of nitrogens with zero attached hydrogens (tertiary/aromatic N) is 3. The molecule has 0 aliphatic heterocycles. The quantitative estimate of drug-likeness (QED) is 0.549. The van der Waals surface area contributed by atoms with Crippen LogP contribution in [-0.4, -0.2) is 20.7 Å². The summed E-state index contributed by atoms with van der Waals surface area (Å²) in [6.07, 6.45) is 5.66. The van der Waals surface area contributed by atoms with Crippen LogP contribution in [0.15, 0.2) is 60.9 Å². The molecule has 136 valence electrons. The Morgan fingerprint density at radius 2 is 1.93 bits per heavy atom. The van der Waals surface area contributed by atoms with Gasteiger partial charge >= 0.3 is 0 Å². The zero-order valence-electron chi connectivity index (χ0n) is 15.1. The normalized spacial score (nSPS) is 11.0. The lowest BCUT2D eigenvalue weighted by Gasteiger charge is -2.06. The van der Waals surface area contributed by atoms with E-state index in [4.69, 9.17) is 0 Å². The number of aryl methyl sites for hydroxylation is 2. The molecule has 0 fully saturated rings. The molecule has 5 nitrogen and oxygen atoms in total. The van der Waals surface area contributed by atoms with Gasteiger partial charge in [-0.25, -0.2) is 4.98 Å². The standard InChI is InChI=1S/C21H20N4OS/c1-25-14-16(13-22-25)8-11-20(26)23-17-9-6-15(7-10-17)12-21-24-18-4-2-3-5-19(18)27-21/h2-7,9-10,13-14H,8,11-12H2,1H3,(H,23,26). The largest absolute Gasteiger partial charge is 0.326 e. The first-order valence-electron chi connectivity index (χ1n) is 8.86. The van der Waals surface area contributed by atoms with Gasteiger partial charge in [0.05, 0.1) is 21.4 Å². The van der Waals surface area contributed by atoms with Crippen molar-refractivity contribution in [3.05, 3.63) is 77.1 Å². The van der Waals surface area contributed by atoms with Gasteiger partial charge in [0.2, 0.25) is 5.91 Å². The van der Waals surface area contributed by atoms with Gasteiger partial charge in [-0.3, -0.25) is 9.48 Å². The van der Waals surface area contributed by atoms with E-state index in [0.717, 1.165) is 28.2 Å². The maximum absolute atomic E-state index is 12.1. The van der Waals surface area contributed by atoms with Crippen LogP contribution < -0.4 is 5.32 Å². The Labute approximate surface area is 161 Å². The first kappa shape index (κ1) is 17.4. The summed E-state index contributed by atoms with van der Waals surface area (Å²) >= 11 is 1.73. The van der Waals surface area contributed by atoms with Crippen LogP contribution in [0.1, 0.15) is 22.6 Å². The molecule has 2 heterocycles. The van der Waals surface area contributed by atoms with E-state index >= 15 is 0 Å². The fourth-order valence-corrected chi connectivity index (χ4v) is 3.96. The van der Waals surface area contributed by atoms with Crippen molar-refractivity contribution < 1.29 is 4.79 Å². The molecule has 1 amide bonds. The van der Waals surface area contributed by atoms with Crippen molar-refractivity contribution in [2.45, 2.75) is 19.3 Å². The van der Waals surface area contributed by atoms with Crippen molar-refractivity contribution in [3.63, 3.8) is 0 Å². The number of nitrogens with one attached hydrogen (secondary N) is 1. The van der Waals surface area contributed by atoms with Gasteiger partial charge in [0, 0.05) is 31.8 Å². The Balaban J connectivity index is 1.33. The van der Waals surface area contributed by atoms with Crippen molar-refractivity contribution >= 4 is 33.1 Å². The summed E-state index contributed by atoms with van der Waals surface area (Å²) in [4.78, 5) is 16.8. The van der Waals surface area contributed by atoms with E-state index in [1.807, 2.05) is 55.7 Å². The van der Waals surface area contributed by atoms with Gasteiger partial charge in [-0.15, -0.1) is 11.3 Å². The van der Waals surface area contributed by atoms with E-state index in [2.05, 4.69) is 21.5 Å². The molecule has 0 aliphatic rings. The van der Waals surface area contributed by atoms with Crippen LogP contribution >= 0.6 is 11.3 Å². The topological polar surface area (TPSA) is 59.8 Å². The summed E-state index contributed by atoms with van der Waals surface area (Å²) in [5, 5.41) is 8.17. The third-order valence-corrected chi connectivity index (χ3v) is 5.37. The number of carbonyl (C=O) groups excluding carboxylic acids is 1. The SMILES string of the molecule is Cn1cc(CCC(=O)Nc2ccc(Cc3nc4ccccc4s3)cc2)cn1. The summed E-state index contributed by atoms with van der Waals surface area (Å²) in [6.45, 7) is 0. The summed E-state index contributed by atoms with van der Waals surface area (Å²) < 4.78 is 2.96. The minimum atomic E-state index is 0.0118. The van der Waals surface area contributed by atoms with E-state index in [-0.39, 0.29) is 5.91 Å². The lowest BCUT2D eigenvalue weighted by molar-refractivity contribution is -0.116. The zero-order chi connectivity index (χ0) is 18.6. The van der Waals surface area contributed by atoms with Crippen LogP contribution in [0.3, 0.4) is 0 Å². The number of para-hydroxylation sites is 1. The van der Waals surface area contributed by atoms with Gasteiger partial charge in [-0.1, -0.05) is 24.3 Å². The summed E-state index contributed by atoms with van der Waals surface area (Å²) in [5.74, 6) is 0.0118. The Hall–Kier alpha value is -2.99. The first-order chi connectivity index (χ1) is 13.2. The Morgan fingerprint density at radius 3 is 2.67 bits per heavy atom. The van der Waals surface area contributed by atoms with Crippen molar-refractivity contribution in [3.8, 4) is 0 Å². The molecule has 2 aromatic carbocycles. The van der Waals surface area contributed by atoms with Gasteiger partial charge < -0.3 is 5.32 Å². The van der Waals surface area contributed by atoms with Gasteiger partial charge in [0.15, 0.2) is 0 Å². The monoisotopic (exact) mass is 376 g/mol. The van der Waals surface area contributed by atoms with Crippen LogP contribution in [0.5, 0.6) is 0 Å².